The molecule has 1 heterocycles. The molecule has 1 nitrogen and oxygen atoms in total. The Hall–Kier alpha value is -0.410. The minimum Gasteiger partial charge on any atom is -0.369 e. The van der Waals surface area contributed by atoms with Gasteiger partial charge in [0.05, 0.1) is 10.9 Å². The zero-order valence-electron chi connectivity index (χ0n) is 9.79. The Morgan fingerprint density at radius 1 is 1.17 bits per heavy atom. The third-order valence-corrected chi connectivity index (χ3v) is 4.50. The first-order chi connectivity index (χ1) is 8.60. The van der Waals surface area contributed by atoms with Crippen molar-refractivity contribution in [3.05, 3.63) is 50.1 Å². The lowest BCUT2D eigenvalue weighted by molar-refractivity contribution is 0.940. The summed E-state index contributed by atoms with van der Waals surface area (Å²) in [6.07, 6.45) is 0. The zero-order chi connectivity index (χ0) is 13.1. The molecular formula is C13H12Cl3NS. The summed E-state index contributed by atoms with van der Waals surface area (Å²) in [6.45, 7) is 0.813. The van der Waals surface area contributed by atoms with Gasteiger partial charge in [0.2, 0.25) is 0 Å². The Kier molecular flexibility index (Phi) is 4.79. The summed E-state index contributed by atoms with van der Waals surface area (Å²) < 4.78 is 0.814. The van der Waals surface area contributed by atoms with Gasteiger partial charge in [0, 0.05) is 28.5 Å². The molecule has 96 valence electrons. The molecule has 1 aromatic heterocycles. The molecule has 0 bridgehead atoms. The van der Waals surface area contributed by atoms with E-state index in [1.807, 2.05) is 37.4 Å². The first-order valence-corrected chi connectivity index (χ1v) is 7.50. The molecule has 0 fully saturated rings. The van der Waals surface area contributed by atoms with Crippen LogP contribution in [0, 0.1) is 0 Å². The molecule has 0 atom stereocenters. The molecule has 2 rings (SSSR count). The van der Waals surface area contributed by atoms with E-state index in [9.17, 15) is 0 Å². The first-order valence-electron chi connectivity index (χ1n) is 5.40. The summed E-state index contributed by atoms with van der Waals surface area (Å²) in [5.74, 6) is 0.434. The van der Waals surface area contributed by atoms with Crippen LogP contribution in [0.4, 0.5) is 5.69 Å². The molecule has 0 aliphatic heterocycles. The highest BCUT2D eigenvalue weighted by Crippen LogP contribution is 2.27. The molecule has 0 N–H and O–H groups in total. The van der Waals surface area contributed by atoms with E-state index in [1.165, 1.54) is 4.88 Å². The maximum atomic E-state index is 6.15. The Labute approximate surface area is 126 Å². The summed E-state index contributed by atoms with van der Waals surface area (Å²) in [4.78, 5) is 3.35. The van der Waals surface area contributed by atoms with E-state index in [0.717, 1.165) is 22.1 Å². The van der Waals surface area contributed by atoms with Crippen molar-refractivity contribution in [1.29, 1.82) is 0 Å². The van der Waals surface area contributed by atoms with E-state index in [4.69, 9.17) is 34.8 Å². The minimum atomic E-state index is 0.434. The molecule has 0 aliphatic carbocycles. The first kappa shape index (κ1) is 14.0. The van der Waals surface area contributed by atoms with E-state index in [2.05, 4.69) is 4.90 Å². The number of alkyl halides is 1. The fourth-order valence-electron chi connectivity index (χ4n) is 1.64. The number of anilines is 1. The third-order valence-electron chi connectivity index (χ3n) is 2.64. The van der Waals surface area contributed by atoms with Crippen molar-refractivity contribution in [2.24, 2.45) is 0 Å². The smallest absolute Gasteiger partial charge is 0.0931 e. The van der Waals surface area contributed by atoms with Crippen LogP contribution in [0.15, 0.2) is 30.3 Å². The molecule has 0 unspecified atom stereocenters. The lowest BCUT2D eigenvalue weighted by atomic mass is 10.2. The van der Waals surface area contributed by atoms with Crippen molar-refractivity contribution in [3.63, 3.8) is 0 Å². The van der Waals surface area contributed by atoms with Gasteiger partial charge in [0.1, 0.15) is 0 Å². The molecule has 2 aromatic rings. The summed E-state index contributed by atoms with van der Waals surface area (Å²) in [5, 5.41) is 0.707. The molecule has 1 aromatic carbocycles. The monoisotopic (exact) mass is 319 g/mol. The molecule has 0 spiro atoms. The van der Waals surface area contributed by atoms with Crippen LogP contribution in [0.1, 0.15) is 10.4 Å². The highest BCUT2D eigenvalue weighted by atomic mass is 35.5. The largest absolute Gasteiger partial charge is 0.369 e. The maximum Gasteiger partial charge on any atom is 0.0931 e. The quantitative estimate of drug-likeness (QED) is 0.679. The van der Waals surface area contributed by atoms with Crippen molar-refractivity contribution in [3.8, 4) is 0 Å². The summed E-state index contributed by atoms with van der Waals surface area (Å²) in [6, 6.07) is 9.88. The normalized spacial score (nSPS) is 10.7. The Morgan fingerprint density at radius 2 is 1.94 bits per heavy atom. The Morgan fingerprint density at radius 3 is 2.50 bits per heavy atom. The fourth-order valence-corrected chi connectivity index (χ4v) is 3.33. The molecular weight excluding hydrogens is 309 g/mol. The summed E-state index contributed by atoms with van der Waals surface area (Å²) in [7, 11) is 2.03. The van der Waals surface area contributed by atoms with Gasteiger partial charge < -0.3 is 4.90 Å². The molecule has 0 aliphatic rings. The van der Waals surface area contributed by atoms with Crippen molar-refractivity contribution in [2.75, 3.05) is 11.9 Å². The number of benzene rings is 1. The summed E-state index contributed by atoms with van der Waals surface area (Å²) in [5.41, 5.74) is 2.02. The van der Waals surface area contributed by atoms with E-state index in [1.54, 1.807) is 11.3 Å². The maximum absolute atomic E-state index is 6.15. The number of hydrogen-bond donors (Lipinski definition) is 0. The zero-order valence-corrected chi connectivity index (χ0v) is 12.9. The predicted molar refractivity (Wildman–Crippen MR) is 82.4 cm³/mol. The number of thiophene rings is 1. The molecule has 5 heteroatoms. The van der Waals surface area contributed by atoms with Crippen LogP contribution in [-0.4, -0.2) is 7.05 Å². The molecule has 0 saturated heterocycles. The van der Waals surface area contributed by atoms with E-state index >= 15 is 0 Å². The van der Waals surface area contributed by atoms with Crippen LogP contribution in [-0.2, 0) is 12.4 Å². The van der Waals surface area contributed by atoms with Gasteiger partial charge in [-0.1, -0.05) is 29.3 Å². The van der Waals surface area contributed by atoms with Crippen LogP contribution in [0.5, 0.6) is 0 Å². The van der Waals surface area contributed by atoms with Crippen molar-refractivity contribution >= 4 is 51.8 Å². The lowest BCUT2D eigenvalue weighted by Crippen LogP contribution is -2.15. The number of rotatable bonds is 4. The highest BCUT2D eigenvalue weighted by Gasteiger charge is 2.07. The van der Waals surface area contributed by atoms with Crippen LogP contribution in [0.2, 0.25) is 9.36 Å². The van der Waals surface area contributed by atoms with Crippen LogP contribution in [0.3, 0.4) is 0 Å². The van der Waals surface area contributed by atoms with Crippen molar-refractivity contribution < 1.29 is 0 Å². The minimum absolute atomic E-state index is 0.434. The van der Waals surface area contributed by atoms with Crippen LogP contribution < -0.4 is 4.90 Å². The van der Waals surface area contributed by atoms with Gasteiger partial charge in [-0.3, -0.25) is 0 Å². The fraction of sp³-hybridized carbons (Fsp3) is 0.231. The average molecular weight is 321 g/mol. The second-order valence-corrected chi connectivity index (χ2v) is 6.45. The third kappa shape index (κ3) is 3.33. The average Bonchev–Trinajstić information content (AvgIpc) is 2.74. The highest BCUT2D eigenvalue weighted by molar-refractivity contribution is 7.16. The number of nitrogens with zero attached hydrogens (tertiary/aromatic N) is 1. The van der Waals surface area contributed by atoms with E-state index < -0.39 is 0 Å². The van der Waals surface area contributed by atoms with Gasteiger partial charge >= 0.3 is 0 Å². The second-order valence-electron chi connectivity index (χ2n) is 3.97. The van der Waals surface area contributed by atoms with Crippen LogP contribution in [0.25, 0.3) is 0 Å². The second kappa shape index (κ2) is 6.16. The van der Waals surface area contributed by atoms with E-state index in [-0.39, 0.29) is 0 Å². The van der Waals surface area contributed by atoms with Crippen molar-refractivity contribution in [2.45, 2.75) is 12.4 Å². The number of halogens is 3. The van der Waals surface area contributed by atoms with Gasteiger partial charge in [-0.25, -0.2) is 0 Å². The SMILES string of the molecule is CN(Cc1ccc(Cl)s1)c1ccc(CCl)c(Cl)c1. The summed E-state index contributed by atoms with van der Waals surface area (Å²) >= 11 is 19.4. The van der Waals surface area contributed by atoms with Crippen molar-refractivity contribution in [1.82, 2.24) is 0 Å². The number of hydrogen-bond acceptors (Lipinski definition) is 2. The lowest BCUT2D eigenvalue weighted by Gasteiger charge is -2.19. The Bertz CT molecular complexity index is 539. The molecule has 18 heavy (non-hydrogen) atoms. The van der Waals surface area contributed by atoms with E-state index in [0.29, 0.717) is 10.9 Å². The standard InChI is InChI=1S/C13H12Cl3NS/c1-17(8-11-4-5-13(16)18-11)10-3-2-9(7-14)12(15)6-10/h2-6H,7-8H2,1H3. The van der Waals surface area contributed by atoms with Gasteiger partial charge in [0.25, 0.3) is 0 Å². The van der Waals surface area contributed by atoms with Gasteiger partial charge in [-0.2, -0.15) is 0 Å². The van der Waals surface area contributed by atoms with Crippen LogP contribution >= 0.6 is 46.1 Å². The van der Waals surface area contributed by atoms with Gasteiger partial charge in [-0.05, 0) is 29.8 Å². The topological polar surface area (TPSA) is 3.24 Å². The Balaban J connectivity index is 2.13. The molecule has 0 amide bonds. The molecule has 0 saturated carbocycles. The van der Waals surface area contributed by atoms with Gasteiger partial charge in [0.15, 0.2) is 0 Å². The van der Waals surface area contributed by atoms with Gasteiger partial charge in [-0.15, -0.1) is 22.9 Å². The molecule has 0 radical (unpaired) electrons. The predicted octanol–water partition coefficient (Wildman–Crippen LogP) is 5.43.